The van der Waals surface area contributed by atoms with E-state index in [-0.39, 0.29) is 37.2 Å². The third-order valence-electron chi connectivity index (χ3n) is 6.81. The second-order valence-electron chi connectivity index (χ2n) is 10.4. The van der Waals surface area contributed by atoms with Crippen LogP contribution >= 0.6 is 0 Å². The van der Waals surface area contributed by atoms with Gasteiger partial charge in [0.05, 0.1) is 25.4 Å². The maximum atomic E-state index is 14.5. The lowest BCUT2D eigenvalue weighted by molar-refractivity contribution is -0.143. The van der Waals surface area contributed by atoms with Crippen LogP contribution in [0.3, 0.4) is 0 Å². The summed E-state index contributed by atoms with van der Waals surface area (Å²) in [6.07, 6.45) is 1.76. The predicted octanol–water partition coefficient (Wildman–Crippen LogP) is 5.07. The first kappa shape index (κ1) is 28.2. The van der Waals surface area contributed by atoms with Crippen LogP contribution in [0.25, 0.3) is 0 Å². The second-order valence-corrected chi connectivity index (χ2v) is 10.4. The summed E-state index contributed by atoms with van der Waals surface area (Å²) < 4.78 is 39.2. The minimum atomic E-state index is -0.783. The second kappa shape index (κ2) is 12.7. The van der Waals surface area contributed by atoms with Crippen LogP contribution in [0.15, 0.2) is 36.4 Å². The van der Waals surface area contributed by atoms with Crippen LogP contribution in [-0.2, 0) is 33.5 Å². The Kier molecular flexibility index (Phi) is 10.00. The summed E-state index contributed by atoms with van der Waals surface area (Å²) in [5.41, 5.74) is 3.25. The van der Waals surface area contributed by atoms with Gasteiger partial charge in [-0.05, 0) is 87.6 Å². The van der Waals surface area contributed by atoms with E-state index in [0.29, 0.717) is 18.0 Å². The van der Waals surface area contributed by atoms with Crippen LogP contribution < -0.4 is 5.32 Å². The van der Waals surface area contributed by atoms with Crippen molar-refractivity contribution in [2.75, 3.05) is 19.8 Å². The highest BCUT2D eigenvalue weighted by molar-refractivity contribution is 5.69. The van der Waals surface area contributed by atoms with Gasteiger partial charge >= 0.3 is 5.97 Å². The summed E-state index contributed by atoms with van der Waals surface area (Å²) in [5, 5.41) is 14.0. The average Bonchev–Trinajstić information content (AvgIpc) is 3.22. The van der Waals surface area contributed by atoms with Gasteiger partial charge in [-0.1, -0.05) is 24.3 Å². The SMILES string of the molecule is CCOC(=O)CCc1c(F)cc(F)cc1[C@@H](C)OC[C@H](O)CNC(C)(C)CC1Cc2ccccc2C1. The summed E-state index contributed by atoms with van der Waals surface area (Å²) >= 11 is 0. The number of carbonyl (C=O) groups excluding carboxylic acids is 1. The molecule has 0 saturated heterocycles. The minimum Gasteiger partial charge on any atom is -0.466 e. The first-order valence-corrected chi connectivity index (χ1v) is 12.8. The topological polar surface area (TPSA) is 67.8 Å². The van der Waals surface area contributed by atoms with Crippen molar-refractivity contribution >= 4 is 5.97 Å². The number of carbonyl (C=O) groups is 1. The van der Waals surface area contributed by atoms with Gasteiger partial charge in [0.1, 0.15) is 11.6 Å². The molecule has 2 N–H and O–H groups in total. The van der Waals surface area contributed by atoms with Gasteiger partial charge in [-0.3, -0.25) is 4.79 Å². The number of hydrogen-bond donors (Lipinski definition) is 2. The van der Waals surface area contributed by atoms with Crippen LogP contribution in [0.2, 0.25) is 0 Å². The number of ether oxygens (including phenoxy) is 2. The lowest BCUT2D eigenvalue weighted by atomic mass is 9.88. The van der Waals surface area contributed by atoms with E-state index < -0.39 is 29.8 Å². The average molecular weight is 504 g/mol. The quantitative estimate of drug-likeness (QED) is 0.374. The molecule has 2 aromatic carbocycles. The molecular formula is C29H39F2NO4. The van der Waals surface area contributed by atoms with Gasteiger partial charge < -0.3 is 19.9 Å². The highest BCUT2D eigenvalue weighted by Crippen LogP contribution is 2.32. The van der Waals surface area contributed by atoms with Crippen molar-refractivity contribution in [2.45, 2.75) is 77.5 Å². The van der Waals surface area contributed by atoms with Gasteiger partial charge in [0.25, 0.3) is 0 Å². The lowest BCUT2D eigenvalue weighted by Crippen LogP contribution is -2.45. The molecule has 198 valence electrons. The van der Waals surface area contributed by atoms with Crippen molar-refractivity contribution in [3.63, 3.8) is 0 Å². The largest absolute Gasteiger partial charge is 0.466 e. The molecule has 0 radical (unpaired) electrons. The molecular weight excluding hydrogens is 464 g/mol. The van der Waals surface area contributed by atoms with Gasteiger partial charge in [0.2, 0.25) is 0 Å². The summed E-state index contributed by atoms with van der Waals surface area (Å²) in [7, 11) is 0. The molecule has 5 nitrogen and oxygen atoms in total. The molecule has 7 heteroatoms. The number of hydrogen-bond acceptors (Lipinski definition) is 5. The van der Waals surface area contributed by atoms with Crippen LogP contribution in [0, 0.1) is 17.6 Å². The third-order valence-corrected chi connectivity index (χ3v) is 6.81. The Morgan fingerprint density at radius 1 is 1.19 bits per heavy atom. The first-order chi connectivity index (χ1) is 17.1. The molecule has 3 rings (SSSR count). The van der Waals surface area contributed by atoms with Crippen molar-refractivity contribution in [1.82, 2.24) is 5.32 Å². The fourth-order valence-corrected chi connectivity index (χ4v) is 5.10. The minimum absolute atomic E-state index is 0.00850. The summed E-state index contributed by atoms with van der Waals surface area (Å²) in [5.74, 6) is -1.31. The molecule has 36 heavy (non-hydrogen) atoms. The fraction of sp³-hybridized carbons (Fsp3) is 0.552. The van der Waals surface area contributed by atoms with Crippen LogP contribution in [0.1, 0.15) is 68.9 Å². The summed E-state index contributed by atoms with van der Waals surface area (Å²) in [6.45, 7) is 8.25. The van der Waals surface area contributed by atoms with Crippen molar-refractivity contribution in [3.8, 4) is 0 Å². The number of β-amino-alcohol motifs (C(OH)–C–C–N with tert-alkyl or cyclic N) is 1. The normalized spacial score (nSPS) is 15.5. The zero-order valence-electron chi connectivity index (χ0n) is 21.8. The van der Waals surface area contributed by atoms with E-state index in [2.05, 4.69) is 43.4 Å². The number of aliphatic hydroxyl groups excluding tert-OH is 1. The molecule has 1 aliphatic rings. The molecule has 0 spiro atoms. The van der Waals surface area contributed by atoms with Crippen molar-refractivity contribution in [2.24, 2.45) is 5.92 Å². The van der Waals surface area contributed by atoms with Gasteiger partial charge in [-0.2, -0.15) is 0 Å². The van der Waals surface area contributed by atoms with E-state index in [9.17, 15) is 18.7 Å². The van der Waals surface area contributed by atoms with Crippen LogP contribution in [0.5, 0.6) is 0 Å². The summed E-state index contributed by atoms with van der Waals surface area (Å²) in [4.78, 5) is 11.7. The number of esters is 1. The number of rotatable bonds is 13. The molecule has 0 fully saturated rings. The van der Waals surface area contributed by atoms with E-state index in [1.54, 1.807) is 13.8 Å². The molecule has 0 saturated carbocycles. The maximum absolute atomic E-state index is 14.5. The number of fused-ring (bicyclic) bond motifs is 1. The Hall–Kier alpha value is -2.35. The highest BCUT2D eigenvalue weighted by atomic mass is 19.1. The molecule has 0 aliphatic heterocycles. The Morgan fingerprint density at radius 3 is 2.50 bits per heavy atom. The van der Waals surface area contributed by atoms with Crippen molar-refractivity contribution < 1.29 is 28.2 Å². The van der Waals surface area contributed by atoms with Crippen molar-refractivity contribution in [1.29, 1.82) is 0 Å². The maximum Gasteiger partial charge on any atom is 0.306 e. The van der Waals surface area contributed by atoms with Gasteiger partial charge in [0.15, 0.2) is 0 Å². The van der Waals surface area contributed by atoms with E-state index in [0.717, 1.165) is 25.3 Å². The molecule has 0 unspecified atom stereocenters. The number of halogens is 2. The third kappa shape index (κ3) is 8.08. The molecule has 2 aromatic rings. The van der Waals surface area contributed by atoms with Gasteiger partial charge in [-0.15, -0.1) is 0 Å². The first-order valence-electron chi connectivity index (χ1n) is 12.8. The van der Waals surface area contributed by atoms with E-state index in [1.807, 2.05) is 0 Å². The lowest BCUT2D eigenvalue weighted by Gasteiger charge is -2.31. The van der Waals surface area contributed by atoms with E-state index in [1.165, 1.54) is 17.2 Å². The van der Waals surface area contributed by atoms with Gasteiger partial charge in [-0.25, -0.2) is 8.78 Å². The predicted molar refractivity (Wildman–Crippen MR) is 136 cm³/mol. The summed E-state index contributed by atoms with van der Waals surface area (Å²) in [6, 6.07) is 10.6. The number of aliphatic hydroxyl groups is 1. The monoisotopic (exact) mass is 503 g/mol. The zero-order chi connectivity index (χ0) is 26.3. The molecule has 0 aromatic heterocycles. The fourth-order valence-electron chi connectivity index (χ4n) is 5.10. The molecule has 1 aliphatic carbocycles. The zero-order valence-corrected chi connectivity index (χ0v) is 21.8. The standard InChI is InChI=1S/C29H39F2NO4/c1-5-35-28(34)11-10-25-26(14-23(30)15-27(25)31)19(2)36-18-24(33)17-32-29(3,4)16-20-12-21-8-6-7-9-22(21)13-20/h6-9,14-15,19-20,24,32-33H,5,10-13,16-18H2,1-4H3/t19-,24-/m1/s1. The molecule has 0 bridgehead atoms. The molecule has 0 heterocycles. The van der Waals surface area contributed by atoms with Crippen molar-refractivity contribution in [3.05, 3.63) is 70.3 Å². The number of nitrogens with one attached hydrogen (secondary N) is 1. The highest BCUT2D eigenvalue weighted by Gasteiger charge is 2.28. The Bertz CT molecular complexity index is 1000. The number of benzene rings is 2. The molecule has 0 amide bonds. The Balaban J connectivity index is 1.49. The Labute approximate surface area is 213 Å². The van der Waals surface area contributed by atoms with E-state index in [4.69, 9.17) is 9.47 Å². The smallest absolute Gasteiger partial charge is 0.306 e. The van der Waals surface area contributed by atoms with Crippen LogP contribution in [-0.4, -0.2) is 42.5 Å². The van der Waals surface area contributed by atoms with E-state index >= 15 is 0 Å². The Morgan fingerprint density at radius 2 is 1.86 bits per heavy atom. The van der Waals surface area contributed by atoms with Crippen LogP contribution in [0.4, 0.5) is 8.78 Å². The van der Waals surface area contributed by atoms with Gasteiger partial charge in [0, 0.05) is 24.6 Å². The molecule has 2 atom stereocenters.